The molecule has 7 heteroatoms. The molecule has 3 N–H and O–H groups in total. The van der Waals surface area contributed by atoms with Crippen molar-refractivity contribution in [3.8, 4) is 11.5 Å². The third-order valence-electron chi connectivity index (χ3n) is 1.38. The van der Waals surface area contributed by atoms with Gasteiger partial charge in [-0.1, -0.05) is 6.08 Å². The highest BCUT2D eigenvalue weighted by Gasteiger charge is 2.16. The molecule has 86 valence electrons. The van der Waals surface area contributed by atoms with Gasteiger partial charge in [0.1, 0.15) is 0 Å². The van der Waals surface area contributed by atoms with E-state index in [1.165, 1.54) is 6.08 Å². The summed E-state index contributed by atoms with van der Waals surface area (Å²) in [6.45, 7) is 1.66. The fourth-order valence-corrected chi connectivity index (χ4v) is 0.676. The molecule has 0 atom stereocenters. The topological polar surface area (TPSA) is 129 Å². The van der Waals surface area contributed by atoms with Crippen LogP contribution in [0.5, 0.6) is 11.5 Å². The van der Waals surface area contributed by atoms with Crippen molar-refractivity contribution in [3.63, 3.8) is 0 Å². The number of hydrogen-bond acceptors (Lipinski definition) is 6. The van der Waals surface area contributed by atoms with Crippen LogP contribution < -0.4 is 16.3 Å². The number of allylic oxidation sites excluding steroid dienone is 1. The minimum absolute atomic E-state index is 0.891. The van der Waals surface area contributed by atoms with Crippen molar-refractivity contribution in [1.82, 2.24) is 0 Å². The molecule has 0 fully saturated rings. The van der Waals surface area contributed by atoms with Gasteiger partial charge in [0.15, 0.2) is 0 Å². The van der Waals surface area contributed by atoms with Gasteiger partial charge in [0, 0.05) is 6.08 Å². The molecule has 1 rings (SSSR count). The van der Waals surface area contributed by atoms with Gasteiger partial charge < -0.3 is 15.3 Å². The lowest BCUT2D eigenvalue weighted by Gasteiger charge is -1.77. The van der Waals surface area contributed by atoms with E-state index < -0.39 is 33.8 Å². The maximum atomic E-state index is 10.3. The van der Waals surface area contributed by atoms with E-state index in [1.54, 1.807) is 6.92 Å². The number of carbonyl (C=O) groups is 1. The first kappa shape index (κ1) is 13.6. The van der Waals surface area contributed by atoms with Gasteiger partial charge in [-0.3, -0.25) is 14.4 Å². The Kier molecular flexibility index (Phi) is 4.61. The lowest BCUT2D eigenvalue weighted by molar-refractivity contribution is -0.131. The van der Waals surface area contributed by atoms with E-state index in [9.17, 15) is 19.2 Å². The van der Waals surface area contributed by atoms with Crippen LogP contribution in [0.3, 0.4) is 0 Å². The monoisotopic (exact) mass is 228 g/mol. The highest BCUT2D eigenvalue weighted by atomic mass is 16.4. The van der Waals surface area contributed by atoms with Crippen molar-refractivity contribution in [2.24, 2.45) is 0 Å². The molecule has 0 radical (unpaired) electrons. The normalized spacial score (nSPS) is 9.81. The zero-order valence-electron chi connectivity index (χ0n) is 8.13. The Balaban J connectivity index is 0.000000325. The van der Waals surface area contributed by atoms with Crippen molar-refractivity contribution < 1.29 is 20.1 Å². The van der Waals surface area contributed by atoms with Crippen LogP contribution in [0.4, 0.5) is 0 Å². The van der Waals surface area contributed by atoms with Gasteiger partial charge in [-0.25, -0.2) is 4.79 Å². The lowest BCUT2D eigenvalue weighted by Crippen LogP contribution is -2.29. The van der Waals surface area contributed by atoms with E-state index in [1.807, 2.05) is 0 Å². The van der Waals surface area contributed by atoms with Crippen molar-refractivity contribution >= 4 is 5.97 Å². The van der Waals surface area contributed by atoms with Gasteiger partial charge in [-0.05, 0) is 6.92 Å². The molecule has 0 saturated heterocycles. The van der Waals surface area contributed by atoms with Crippen LogP contribution in [0.1, 0.15) is 6.92 Å². The second-order valence-corrected chi connectivity index (χ2v) is 2.52. The molecule has 1 aromatic rings. The second kappa shape index (κ2) is 5.44. The third-order valence-corrected chi connectivity index (χ3v) is 1.38. The van der Waals surface area contributed by atoms with Crippen LogP contribution in [0.15, 0.2) is 26.5 Å². The average molecular weight is 228 g/mol. The number of carboxylic acids is 1. The summed E-state index contributed by atoms with van der Waals surface area (Å²) in [5.74, 6) is -3.21. The Morgan fingerprint density at radius 2 is 1.38 bits per heavy atom. The minimum atomic E-state index is -1.39. The fourth-order valence-electron chi connectivity index (χ4n) is 0.676. The third kappa shape index (κ3) is 3.05. The van der Waals surface area contributed by atoms with Crippen molar-refractivity contribution in [2.75, 3.05) is 0 Å². The van der Waals surface area contributed by atoms with E-state index in [2.05, 4.69) is 0 Å². The summed E-state index contributed by atoms with van der Waals surface area (Å²) in [5, 5.41) is 24.7. The fraction of sp³-hybridized carbons (Fsp3) is 0.111. The summed E-state index contributed by atoms with van der Waals surface area (Å²) in [6, 6.07) is 0. The molecular formula is C9H8O7. The predicted molar refractivity (Wildman–Crippen MR) is 53.4 cm³/mol. The van der Waals surface area contributed by atoms with Crippen molar-refractivity contribution in [2.45, 2.75) is 6.92 Å². The van der Waals surface area contributed by atoms with Gasteiger partial charge in [-0.2, -0.15) is 0 Å². The molecule has 1 aromatic carbocycles. The maximum absolute atomic E-state index is 10.3. The zero-order valence-corrected chi connectivity index (χ0v) is 8.13. The number of rotatable bonds is 1. The highest BCUT2D eigenvalue weighted by Crippen LogP contribution is 2.09. The molecule has 7 nitrogen and oxygen atoms in total. The molecular weight excluding hydrogens is 220 g/mol. The molecule has 0 aromatic heterocycles. The van der Waals surface area contributed by atoms with E-state index in [4.69, 9.17) is 15.3 Å². The Bertz CT molecular complexity index is 509. The molecule has 0 unspecified atom stereocenters. The van der Waals surface area contributed by atoms with Crippen molar-refractivity contribution in [1.29, 1.82) is 0 Å². The zero-order chi connectivity index (χ0) is 12.9. The molecule has 0 saturated carbocycles. The first-order valence-corrected chi connectivity index (χ1v) is 3.94. The quantitative estimate of drug-likeness (QED) is 0.402. The summed E-state index contributed by atoms with van der Waals surface area (Å²) in [5.41, 5.74) is -4.08. The summed E-state index contributed by atoms with van der Waals surface area (Å²) in [6.07, 6.45) is 2.56. The molecule has 0 heterocycles. The Labute approximate surface area is 88.2 Å². The van der Waals surface area contributed by atoms with Crippen LogP contribution in [-0.4, -0.2) is 21.3 Å². The average Bonchev–Trinajstić information content (AvgIpc) is 2.37. The van der Waals surface area contributed by atoms with Crippen LogP contribution >= 0.6 is 0 Å². The Hall–Kier alpha value is -2.44. The molecule has 0 amide bonds. The summed E-state index contributed by atoms with van der Waals surface area (Å²) in [4.78, 5) is 40.4. The first-order chi connectivity index (χ1) is 7.32. The van der Waals surface area contributed by atoms with Gasteiger partial charge in [0.25, 0.3) is 16.3 Å². The van der Waals surface area contributed by atoms with Crippen LogP contribution in [0.2, 0.25) is 0 Å². The molecule has 0 spiro atoms. The standard InChI is InChI=1S/C5H2O5.C4H6O2/c6-1-2(7)4(9)5(10)3(1)8;1-2-3-4(5)6/h6-7H;2-3H,1H3,(H,5,6)/b;3-2+. The van der Waals surface area contributed by atoms with Gasteiger partial charge in [-0.15, -0.1) is 0 Å². The lowest BCUT2D eigenvalue weighted by atomic mass is 10.5. The molecule has 0 aliphatic rings. The van der Waals surface area contributed by atoms with Crippen molar-refractivity contribution in [3.05, 3.63) is 42.8 Å². The van der Waals surface area contributed by atoms with Gasteiger partial charge in [0.05, 0.1) is 0 Å². The van der Waals surface area contributed by atoms with E-state index >= 15 is 0 Å². The summed E-state index contributed by atoms with van der Waals surface area (Å²) in [7, 11) is 0. The predicted octanol–water partition coefficient (Wildman–Crippen LogP) is -1.30. The van der Waals surface area contributed by atoms with E-state index in [0.717, 1.165) is 6.08 Å². The van der Waals surface area contributed by atoms with Crippen LogP contribution in [-0.2, 0) is 4.79 Å². The van der Waals surface area contributed by atoms with Crippen LogP contribution in [0, 0.1) is 0 Å². The summed E-state index contributed by atoms with van der Waals surface area (Å²) >= 11 is 0. The number of aromatic hydroxyl groups is 2. The smallest absolute Gasteiger partial charge is 0.327 e. The Morgan fingerprint density at radius 3 is 1.44 bits per heavy atom. The summed E-state index contributed by atoms with van der Waals surface area (Å²) < 4.78 is 0. The number of carboxylic acid groups (broad SMARTS) is 1. The largest absolute Gasteiger partial charge is 0.501 e. The van der Waals surface area contributed by atoms with Crippen LogP contribution in [0.25, 0.3) is 0 Å². The van der Waals surface area contributed by atoms with Gasteiger partial charge >= 0.3 is 5.97 Å². The highest BCUT2D eigenvalue weighted by molar-refractivity contribution is 5.79. The molecule has 16 heavy (non-hydrogen) atoms. The number of hydrogen-bond donors (Lipinski definition) is 3. The first-order valence-electron chi connectivity index (χ1n) is 3.94. The SMILES string of the molecule is C/C=C/C(=O)O.O=c1c(O)c(O)c(=O)c1=O. The maximum Gasteiger partial charge on any atom is 0.327 e. The minimum Gasteiger partial charge on any atom is -0.501 e. The van der Waals surface area contributed by atoms with Gasteiger partial charge in [0.2, 0.25) is 11.5 Å². The van der Waals surface area contributed by atoms with E-state index in [-0.39, 0.29) is 0 Å². The Morgan fingerprint density at radius 1 is 1.00 bits per heavy atom. The number of aliphatic carboxylic acids is 1. The molecule has 0 bridgehead atoms. The second-order valence-electron chi connectivity index (χ2n) is 2.52. The van der Waals surface area contributed by atoms with E-state index in [0.29, 0.717) is 0 Å². The molecule has 0 aliphatic carbocycles. The molecule has 0 aliphatic heterocycles.